The zero-order valence-electron chi connectivity index (χ0n) is 9.22. The molecule has 7 heteroatoms. The van der Waals surface area contributed by atoms with Crippen molar-refractivity contribution in [2.45, 2.75) is 39.5 Å². The standard InChI is InChI=1S/2C4H10O.3ClH.O.V/c2*1-2-3-4-5;;;;;/h2*5H,2-4H2,1H3;3*1H;;. The van der Waals surface area contributed by atoms with Crippen LogP contribution in [0.4, 0.5) is 0 Å². The number of halogens is 3. The van der Waals surface area contributed by atoms with E-state index in [2.05, 4.69) is 13.8 Å². The molecule has 0 aromatic heterocycles. The Morgan fingerprint density at radius 2 is 1.00 bits per heavy atom. The molecule has 0 aliphatic carbocycles. The molecule has 0 aromatic carbocycles. The van der Waals surface area contributed by atoms with Gasteiger partial charge in [0.05, 0.1) is 0 Å². The molecule has 0 aromatic rings. The number of aliphatic hydroxyl groups excluding tert-OH is 2. The molecule has 0 aliphatic rings. The molecule has 0 spiro atoms. The Bertz CT molecular complexity index is 54.4. The third-order valence-corrected chi connectivity index (χ3v) is 1.02. The number of rotatable bonds is 4. The third-order valence-electron chi connectivity index (χ3n) is 1.02. The van der Waals surface area contributed by atoms with Crippen molar-refractivity contribution in [1.29, 1.82) is 0 Å². The first-order valence-electron chi connectivity index (χ1n) is 4.23. The third kappa shape index (κ3) is 98.4. The van der Waals surface area contributed by atoms with E-state index in [4.69, 9.17) is 13.9 Å². The van der Waals surface area contributed by atoms with Gasteiger partial charge in [0.25, 0.3) is 0 Å². The van der Waals surface area contributed by atoms with Crippen LogP contribution in [0.5, 0.6) is 0 Å². The second-order valence-corrected chi connectivity index (χ2v) is 2.15. The molecule has 2 N–H and O–H groups in total. The Balaban J connectivity index is -0.0000000197. The topological polar surface area (TPSA) is 57.5 Å². The van der Waals surface area contributed by atoms with Gasteiger partial charge in [-0.3, -0.25) is 0 Å². The van der Waals surface area contributed by atoms with Gasteiger partial charge < -0.3 is 10.2 Å². The molecule has 0 unspecified atom stereocenters. The summed E-state index contributed by atoms with van der Waals surface area (Å²) in [5.74, 6) is 0. The zero-order valence-corrected chi connectivity index (χ0v) is 13.1. The van der Waals surface area contributed by atoms with Gasteiger partial charge in [-0.05, 0) is 12.8 Å². The molecule has 0 saturated heterocycles. The van der Waals surface area contributed by atoms with E-state index in [0.717, 1.165) is 43.1 Å². The van der Waals surface area contributed by atoms with E-state index in [0.29, 0.717) is 13.2 Å². The van der Waals surface area contributed by atoms with Crippen molar-refractivity contribution in [3.05, 3.63) is 0 Å². The van der Waals surface area contributed by atoms with E-state index in [9.17, 15) is 0 Å². The van der Waals surface area contributed by atoms with Gasteiger partial charge in [0, 0.05) is 13.2 Å². The predicted molar refractivity (Wildman–Crippen MR) is 66.4 cm³/mol. The van der Waals surface area contributed by atoms with Crippen molar-refractivity contribution in [2.24, 2.45) is 0 Å². The second kappa shape index (κ2) is 59.2. The first-order valence-corrected chi connectivity index (χ1v) is 4.80. The van der Waals surface area contributed by atoms with Gasteiger partial charge >= 0.3 is 21.0 Å². The fraction of sp³-hybridized carbons (Fsp3) is 1.00. The number of aliphatic hydroxyl groups is 2. The van der Waals surface area contributed by atoms with Crippen LogP contribution in [-0.2, 0) is 21.0 Å². The fourth-order valence-electron chi connectivity index (χ4n) is 0.316. The minimum absolute atomic E-state index is 0. The molecule has 0 rings (SSSR count). The Morgan fingerprint density at radius 3 is 1.00 bits per heavy atom. The van der Waals surface area contributed by atoms with Gasteiger partial charge in [0.2, 0.25) is 0 Å². The zero-order chi connectivity index (χ0) is 10.2. The summed E-state index contributed by atoms with van der Waals surface area (Å²) in [6.45, 7) is 4.79. The molecule has 0 saturated carbocycles. The van der Waals surface area contributed by atoms with Crippen molar-refractivity contribution in [3.63, 3.8) is 0 Å². The van der Waals surface area contributed by atoms with Crippen LogP contribution >= 0.6 is 37.2 Å². The molecule has 0 fully saturated rings. The van der Waals surface area contributed by atoms with Gasteiger partial charge in [-0.25, -0.2) is 0 Å². The van der Waals surface area contributed by atoms with Gasteiger partial charge in [-0.2, -0.15) is 0 Å². The Kier molecular flexibility index (Phi) is 142. The van der Waals surface area contributed by atoms with E-state index in [1.807, 2.05) is 0 Å². The van der Waals surface area contributed by atoms with Crippen molar-refractivity contribution >= 4 is 37.2 Å². The molecule has 3 nitrogen and oxygen atoms in total. The van der Waals surface area contributed by atoms with Crippen LogP contribution in [0, 0.1) is 0 Å². The SMILES string of the molecule is CCCCO.CCCCO.Cl.Cl.Cl.[O]=[V]. The first-order chi connectivity index (χ1) is 5.83. The first kappa shape index (κ1) is 36.0. The summed E-state index contributed by atoms with van der Waals surface area (Å²) in [4.78, 5) is 0. The molecule has 0 radical (unpaired) electrons. The van der Waals surface area contributed by atoms with Crippen LogP contribution in [0.3, 0.4) is 0 Å². The normalized spacial score (nSPS) is 5.80. The van der Waals surface area contributed by atoms with Gasteiger partial charge in [-0.15, -0.1) is 37.2 Å². The molecule has 0 amide bonds. The summed E-state index contributed by atoms with van der Waals surface area (Å²) in [5, 5.41) is 16.1. The van der Waals surface area contributed by atoms with Crippen LogP contribution < -0.4 is 0 Å². The molecule has 15 heavy (non-hydrogen) atoms. The summed E-state index contributed by atoms with van der Waals surface area (Å²) in [6, 6.07) is 0. The number of hydrogen-bond donors (Lipinski definition) is 2. The summed E-state index contributed by atoms with van der Waals surface area (Å²) in [6.07, 6.45) is 4.08. The molecule has 0 aliphatic heterocycles. The summed E-state index contributed by atoms with van der Waals surface area (Å²) in [7, 11) is 0. The van der Waals surface area contributed by atoms with Crippen molar-refractivity contribution in [3.8, 4) is 0 Å². The van der Waals surface area contributed by atoms with E-state index >= 15 is 0 Å². The average Bonchev–Trinajstić information content (AvgIpc) is 2.12. The van der Waals surface area contributed by atoms with Crippen LogP contribution in [0.15, 0.2) is 0 Å². The minimum atomic E-state index is 0. The van der Waals surface area contributed by atoms with Gasteiger partial charge in [0.15, 0.2) is 0 Å². The maximum absolute atomic E-state index is 8.19. The predicted octanol–water partition coefficient (Wildman–Crippen LogP) is 2.70. The van der Waals surface area contributed by atoms with Crippen LogP contribution in [0.2, 0.25) is 0 Å². The summed E-state index contributed by atoms with van der Waals surface area (Å²) < 4.78 is 8.19. The fourth-order valence-corrected chi connectivity index (χ4v) is 0.316. The molecule has 0 heterocycles. The molecule has 0 atom stereocenters. The Labute approximate surface area is 121 Å². The molecule has 0 bridgehead atoms. The van der Waals surface area contributed by atoms with Gasteiger partial charge in [-0.1, -0.05) is 26.7 Å². The van der Waals surface area contributed by atoms with Gasteiger partial charge in [0.1, 0.15) is 0 Å². The Morgan fingerprint density at radius 1 is 0.800 bits per heavy atom. The summed E-state index contributed by atoms with van der Waals surface area (Å²) in [5.41, 5.74) is 0. The second-order valence-electron chi connectivity index (χ2n) is 2.15. The van der Waals surface area contributed by atoms with Crippen molar-refractivity contribution < 1.29 is 31.3 Å². The van der Waals surface area contributed by atoms with E-state index < -0.39 is 0 Å². The number of hydrogen-bond acceptors (Lipinski definition) is 3. The molecular formula is C8H23Cl3O3V. The van der Waals surface area contributed by atoms with Crippen molar-refractivity contribution in [1.82, 2.24) is 0 Å². The van der Waals surface area contributed by atoms with E-state index in [1.54, 1.807) is 0 Å². The molecule has 99 valence electrons. The monoisotopic (exact) mass is 323 g/mol. The quantitative estimate of drug-likeness (QED) is 0.836. The molecular weight excluding hydrogens is 301 g/mol. The maximum atomic E-state index is 8.19. The average molecular weight is 325 g/mol. The van der Waals surface area contributed by atoms with E-state index in [1.165, 1.54) is 0 Å². The number of unbranched alkanes of at least 4 members (excludes halogenated alkanes) is 2. The van der Waals surface area contributed by atoms with E-state index in [-0.39, 0.29) is 37.2 Å². The Hall–Kier alpha value is 1.17. The van der Waals surface area contributed by atoms with Crippen LogP contribution in [0.1, 0.15) is 39.5 Å². The van der Waals surface area contributed by atoms with Crippen LogP contribution in [0.25, 0.3) is 0 Å². The van der Waals surface area contributed by atoms with Crippen molar-refractivity contribution in [2.75, 3.05) is 13.2 Å². The van der Waals surface area contributed by atoms with Crippen LogP contribution in [-0.4, -0.2) is 23.4 Å². The summed E-state index contributed by atoms with van der Waals surface area (Å²) >= 11 is 1.06.